The molecular formula is C22H30N4. The van der Waals surface area contributed by atoms with Gasteiger partial charge in [0, 0.05) is 30.6 Å². The van der Waals surface area contributed by atoms with Crippen LogP contribution in [0.4, 0.5) is 11.6 Å². The van der Waals surface area contributed by atoms with E-state index >= 15 is 0 Å². The SMILES string of the molecule is Cc1nc(NC2CCCCC2)cc(N2Cc3ccccc3C(C)(C)C2)n1. The fourth-order valence-corrected chi connectivity index (χ4v) is 4.55. The zero-order valence-corrected chi connectivity index (χ0v) is 16.3. The molecule has 138 valence electrons. The van der Waals surface area contributed by atoms with Crippen LogP contribution in [0.1, 0.15) is 62.9 Å². The molecule has 0 saturated heterocycles. The van der Waals surface area contributed by atoms with Gasteiger partial charge in [0.05, 0.1) is 0 Å². The maximum absolute atomic E-state index is 4.76. The van der Waals surface area contributed by atoms with Gasteiger partial charge >= 0.3 is 0 Å². The molecule has 1 N–H and O–H groups in total. The lowest BCUT2D eigenvalue weighted by Crippen LogP contribution is -2.42. The maximum Gasteiger partial charge on any atom is 0.134 e. The number of benzene rings is 1. The lowest BCUT2D eigenvalue weighted by atomic mass is 9.78. The second-order valence-corrected chi connectivity index (χ2v) is 8.53. The van der Waals surface area contributed by atoms with Crippen molar-refractivity contribution in [1.82, 2.24) is 9.97 Å². The van der Waals surface area contributed by atoms with E-state index in [0.29, 0.717) is 6.04 Å². The van der Waals surface area contributed by atoms with E-state index in [0.717, 1.165) is 30.5 Å². The monoisotopic (exact) mass is 350 g/mol. The van der Waals surface area contributed by atoms with Crippen LogP contribution in [0.3, 0.4) is 0 Å². The molecule has 4 nitrogen and oxygen atoms in total. The Bertz CT molecular complexity index is 777. The Kier molecular flexibility index (Phi) is 4.60. The normalized spacial score (nSPS) is 19.9. The minimum Gasteiger partial charge on any atom is -0.367 e. The van der Waals surface area contributed by atoms with Crippen LogP contribution in [-0.4, -0.2) is 22.6 Å². The summed E-state index contributed by atoms with van der Waals surface area (Å²) in [6.45, 7) is 8.54. The van der Waals surface area contributed by atoms with E-state index in [4.69, 9.17) is 4.98 Å². The van der Waals surface area contributed by atoms with Crippen molar-refractivity contribution in [3.63, 3.8) is 0 Å². The van der Waals surface area contributed by atoms with Crippen molar-refractivity contribution >= 4 is 11.6 Å². The molecule has 2 aromatic rings. The first-order valence-electron chi connectivity index (χ1n) is 9.97. The highest BCUT2D eigenvalue weighted by molar-refractivity contribution is 5.53. The van der Waals surface area contributed by atoms with E-state index in [1.807, 2.05) is 6.92 Å². The van der Waals surface area contributed by atoms with E-state index in [9.17, 15) is 0 Å². The predicted molar refractivity (Wildman–Crippen MR) is 108 cm³/mol. The molecule has 0 radical (unpaired) electrons. The Morgan fingerprint density at radius 1 is 1.08 bits per heavy atom. The fourth-order valence-electron chi connectivity index (χ4n) is 4.55. The molecule has 0 spiro atoms. The van der Waals surface area contributed by atoms with Crippen molar-refractivity contribution in [3.05, 3.63) is 47.3 Å². The number of aromatic nitrogens is 2. The average Bonchev–Trinajstić information content (AvgIpc) is 2.61. The van der Waals surface area contributed by atoms with Crippen molar-refractivity contribution in [1.29, 1.82) is 0 Å². The summed E-state index contributed by atoms with van der Waals surface area (Å²) in [6, 6.07) is 11.5. The highest BCUT2D eigenvalue weighted by Gasteiger charge is 2.32. The highest BCUT2D eigenvalue weighted by Crippen LogP contribution is 2.35. The number of fused-ring (bicyclic) bond motifs is 1. The largest absolute Gasteiger partial charge is 0.367 e. The molecule has 1 aromatic heterocycles. The molecule has 0 atom stereocenters. The van der Waals surface area contributed by atoms with Gasteiger partial charge in [-0.3, -0.25) is 0 Å². The van der Waals surface area contributed by atoms with Gasteiger partial charge in [0.25, 0.3) is 0 Å². The van der Waals surface area contributed by atoms with Crippen molar-refractivity contribution in [2.75, 3.05) is 16.8 Å². The van der Waals surface area contributed by atoms with Crippen LogP contribution < -0.4 is 10.2 Å². The molecule has 4 heteroatoms. The van der Waals surface area contributed by atoms with Gasteiger partial charge in [0.2, 0.25) is 0 Å². The van der Waals surface area contributed by atoms with Crippen molar-refractivity contribution < 1.29 is 0 Å². The van der Waals surface area contributed by atoms with Gasteiger partial charge in [-0.05, 0) is 30.9 Å². The molecule has 2 aliphatic rings. The summed E-state index contributed by atoms with van der Waals surface area (Å²) in [6.07, 6.45) is 6.52. The van der Waals surface area contributed by atoms with Crippen molar-refractivity contribution in [2.45, 2.75) is 70.9 Å². The summed E-state index contributed by atoms with van der Waals surface area (Å²) in [5, 5.41) is 3.66. The Morgan fingerprint density at radius 3 is 2.65 bits per heavy atom. The van der Waals surface area contributed by atoms with E-state index in [1.165, 1.54) is 43.2 Å². The minimum absolute atomic E-state index is 0.116. The minimum atomic E-state index is 0.116. The molecule has 1 aliphatic heterocycles. The van der Waals surface area contributed by atoms with Gasteiger partial charge in [-0.2, -0.15) is 0 Å². The highest BCUT2D eigenvalue weighted by atomic mass is 15.2. The lowest BCUT2D eigenvalue weighted by molar-refractivity contribution is 0.461. The van der Waals surface area contributed by atoms with Crippen LogP contribution in [0.5, 0.6) is 0 Å². The standard InChI is InChI=1S/C22H30N4/c1-16-23-20(25-18-10-5-4-6-11-18)13-21(24-16)26-14-17-9-7-8-12-19(17)22(2,3)15-26/h7-9,12-13,18H,4-6,10-11,14-15H2,1-3H3,(H,23,24,25). The van der Waals surface area contributed by atoms with E-state index in [1.54, 1.807) is 0 Å². The Labute approximate surface area is 157 Å². The lowest BCUT2D eigenvalue weighted by Gasteiger charge is -2.40. The van der Waals surface area contributed by atoms with Crippen LogP contribution in [-0.2, 0) is 12.0 Å². The van der Waals surface area contributed by atoms with Gasteiger partial charge in [-0.25, -0.2) is 9.97 Å². The second-order valence-electron chi connectivity index (χ2n) is 8.53. The van der Waals surface area contributed by atoms with Crippen LogP contribution in [0.15, 0.2) is 30.3 Å². The molecular weight excluding hydrogens is 320 g/mol. The Hall–Kier alpha value is -2.10. The Morgan fingerprint density at radius 2 is 1.85 bits per heavy atom. The number of nitrogens with zero attached hydrogens (tertiary/aromatic N) is 3. The van der Waals surface area contributed by atoms with E-state index < -0.39 is 0 Å². The molecule has 1 aromatic carbocycles. The topological polar surface area (TPSA) is 41.1 Å². The van der Waals surface area contributed by atoms with Gasteiger partial charge in [0.15, 0.2) is 0 Å². The van der Waals surface area contributed by atoms with E-state index in [2.05, 4.69) is 59.4 Å². The van der Waals surface area contributed by atoms with E-state index in [-0.39, 0.29) is 5.41 Å². The van der Waals surface area contributed by atoms with Crippen LogP contribution >= 0.6 is 0 Å². The number of nitrogens with one attached hydrogen (secondary N) is 1. The van der Waals surface area contributed by atoms with Crippen LogP contribution in [0.2, 0.25) is 0 Å². The first-order chi connectivity index (χ1) is 12.5. The molecule has 1 aliphatic carbocycles. The zero-order valence-electron chi connectivity index (χ0n) is 16.3. The quantitative estimate of drug-likeness (QED) is 0.861. The number of anilines is 2. The summed E-state index contributed by atoms with van der Waals surface area (Å²) < 4.78 is 0. The molecule has 1 saturated carbocycles. The third kappa shape index (κ3) is 3.55. The second kappa shape index (κ2) is 6.90. The summed E-state index contributed by atoms with van der Waals surface area (Å²) in [5.74, 6) is 2.87. The first kappa shape index (κ1) is 17.3. The third-order valence-electron chi connectivity index (χ3n) is 5.80. The molecule has 1 fully saturated rings. The van der Waals surface area contributed by atoms with Crippen molar-refractivity contribution in [3.8, 4) is 0 Å². The molecule has 0 unspecified atom stereocenters. The molecule has 0 bridgehead atoms. The smallest absolute Gasteiger partial charge is 0.134 e. The summed E-state index contributed by atoms with van der Waals surface area (Å²) in [5.41, 5.74) is 2.98. The fraction of sp³-hybridized carbons (Fsp3) is 0.545. The van der Waals surface area contributed by atoms with Gasteiger partial charge < -0.3 is 10.2 Å². The maximum atomic E-state index is 4.76. The van der Waals surface area contributed by atoms with Crippen LogP contribution in [0.25, 0.3) is 0 Å². The van der Waals surface area contributed by atoms with Gasteiger partial charge in [-0.1, -0.05) is 57.4 Å². The summed E-state index contributed by atoms with van der Waals surface area (Å²) in [4.78, 5) is 11.8. The molecule has 0 amide bonds. The predicted octanol–water partition coefficient (Wildman–Crippen LogP) is 4.83. The molecule has 26 heavy (non-hydrogen) atoms. The summed E-state index contributed by atoms with van der Waals surface area (Å²) in [7, 11) is 0. The number of hydrogen-bond donors (Lipinski definition) is 1. The molecule has 4 rings (SSSR count). The number of aryl methyl sites for hydroxylation is 1. The molecule has 2 heterocycles. The van der Waals surface area contributed by atoms with Crippen LogP contribution in [0, 0.1) is 6.92 Å². The third-order valence-corrected chi connectivity index (χ3v) is 5.80. The van der Waals surface area contributed by atoms with Crippen molar-refractivity contribution in [2.24, 2.45) is 0 Å². The van der Waals surface area contributed by atoms with Gasteiger partial charge in [-0.15, -0.1) is 0 Å². The average molecular weight is 351 g/mol. The van der Waals surface area contributed by atoms with Gasteiger partial charge in [0.1, 0.15) is 17.5 Å². The first-order valence-corrected chi connectivity index (χ1v) is 9.97. The Balaban J connectivity index is 1.60. The number of hydrogen-bond acceptors (Lipinski definition) is 4. The summed E-state index contributed by atoms with van der Waals surface area (Å²) >= 11 is 0. The number of rotatable bonds is 3. The zero-order chi connectivity index (χ0) is 18.1.